The predicted molar refractivity (Wildman–Crippen MR) is 85.0 cm³/mol. The van der Waals surface area contributed by atoms with Crippen LogP contribution < -0.4 is 0 Å². The Hall–Kier alpha value is -0.840. The Labute approximate surface area is 132 Å². The molecular weight excluding hydrogens is 340 g/mol. The largest absolute Gasteiger partial charge is 0.385 e. The van der Waals surface area contributed by atoms with Crippen LogP contribution in [0.1, 0.15) is 30.8 Å². The molecule has 0 saturated heterocycles. The first-order valence-electron chi connectivity index (χ1n) is 6.54. The quantitative estimate of drug-likeness (QED) is 0.902. The lowest BCUT2D eigenvalue weighted by Gasteiger charge is -2.25. The summed E-state index contributed by atoms with van der Waals surface area (Å²) >= 11 is 9.84. The molecule has 0 fully saturated rings. The second-order valence-electron chi connectivity index (χ2n) is 5.12. The molecule has 0 spiro atoms. The van der Waals surface area contributed by atoms with Crippen LogP contribution in [-0.2, 0) is 25.5 Å². The van der Waals surface area contributed by atoms with Gasteiger partial charge < -0.3 is 5.11 Å². The highest BCUT2D eigenvalue weighted by molar-refractivity contribution is 9.10. The number of aliphatic hydroxyl groups is 1. The zero-order chi connectivity index (χ0) is 14.9. The van der Waals surface area contributed by atoms with Crippen molar-refractivity contribution in [1.82, 2.24) is 9.78 Å². The average molecular weight is 358 g/mol. The molecule has 2 aromatic rings. The summed E-state index contributed by atoms with van der Waals surface area (Å²) in [5, 5.41) is 15.9. The first-order chi connectivity index (χ1) is 9.36. The van der Waals surface area contributed by atoms with E-state index in [4.69, 9.17) is 11.6 Å². The van der Waals surface area contributed by atoms with E-state index in [1.54, 1.807) is 11.6 Å². The molecule has 0 aliphatic carbocycles. The van der Waals surface area contributed by atoms with Crippen molar-refractivity contribution in [1.29, 1.82) is 0 Å². The zero-order valence-corrected chi connectivity index (χ0v) is 14.2. The van der Waals surface area contributed by atoms with Gasteiger partial charge in [-0.05, 0) is 25.0 Å². The Bertz CT molecular complexity index is 622. The molecule has 0 saturated carbocycles. The van der Waals surface area contributed by atoms with E-state index in [0.717, 1.165) is 27.8 Å². The van der Waals surface area contributed by atoms with Crippen LogP contribution in [-0.4, -0.2) is 14.9 Å². The van der Waals surface area contributed by atoms with Crippen LogP contribution in [0.2, 0.25) is 5.02 Å². The Morgan fingerprint density at radius 2 is 2.05 bits per heavy atom. The average Bonchev–Trinajstić information content (AvgIpc) is 2.66. The molecule has 1 aromatic heterocycles. The van der Waals surface area contributed by atoms with Gasteiger partial charge in [-0.15, -0.1) is 0 Å². The van der Waals surface area contributed by atoms with E-state index in [1.165, 1.54) is 0 Å². The molecule has 1 heterocycles. The predicted octanol–water partition coefficient (Wildman–Crippen LogP) is 3.85. The summed E-state index contributed by atoms with van der Waals surface area (Å²) in [7, 11) is 1.86. The molecule has 0 amide bonds. The molecule has 1 aromatic carbocycles. The molecule has 108 valence electrons. The number of aryl methyl sites for hydroxylation is 2. The zero-order valence-electron chi connectivity index (χ0n) is 11.8. The topological polar surface area (TPSA) is 38.0 Å². The van der Waals surface area contributed by atoms with Gasteiger partial charge in [0.2, 0.25) is 0 Å². The lowest BCUT2D eigenvalue weighted by molar-refractivity contribution is 0.0549. The number of aromatic nitrogens is 2. The SMILES string of the molecule is CCc1nn(C)c(CC(C)(O)c2ccccc2Br)c1Cl. The molecule has 2 rings (SSSR count). The van der Waals surface area contributed by atoms with Crippen molar-refractivity contribution < 1.29 is 5.11 Å². The molecule has 5 heteroatoms. The summed E-state index contributed by atoms with van der Waals surface area (Å²) in [6.07, 6.45) is 1.20. The van der Waals surface area contributed by atoms with Gasteiger partial charge in [0.05, 0.1) is 22.0 Å². The molecule has 0 radical (unpaired) electrons. The maximum Gasteiger partial charge on any atom is 0.0935 e. The maximum atomic E-state index is 10.8. The van der Waals surface area contributed by atoms with E-state index in [1.807, 2.05) is 38.2 Å². The van der Waals surface area contributed by atoms with Crippen LogP contribution in [0, 0.1) is 0 Å². The van der Waals surface area contributed by atoms with E-state index in [-0.39, 0.29) is 0 Å². The minimum absolute atomic E-state index is 0.415. The number of benzene rings is 1. The third-order valence-corrected chi connectivity index (χ3v) is 4.60. The van der Waals surface area contributed by atoms with Gasteiger partial charge in [0.25, 0.3) is 0 Å². The first kappa shape index (κ1) is 15.5. The molecule has 0 bridgehead atoms. The van der Waals surface area contributed by atoms with Gasteiger partial charge in [0.1, 0.15) is 0 Å². The van der Waals surface area contributed by atoms with Crippen molar-refractivity contribution in [2.24, 2.45) is 7.05 Å². The van der Waals surface area contributed by atoms with Crippen LogP contribution >= 0.6 is 27.5 Å². The number of halogens is 2. The van der Waals surface area contributed by atoms with Gasteiger partial charge in [0, 0.05) is 17.9 Å². The first-order valence-corrected chi connectivity index (χ1v) is 7.71. The molecular formula is C15H18BrClN2O. The van der Waals surface area contributed by atoms with E-state index >= 15 is 0 Å². The van der Waals surface area contributed by atoms with Crippen molar-refractivity contribution in [3.8, 4) is 0 Å². The Kier molecular flexibility index (Phi) is 4.57. The van der Waals surface area contributed by atoms with E-state index in [2.05, 4.69) is 21.0 Å². The monoisotopic (exact) mass is 356 g/mol. The van der Waals surface area contributed by atoms with E-state index in [0.29, 0.717) is 11.4 Å². The molecule has 0 aliphatic rings. The third-order valence-electron chi connectivity index (χ3n) is 3.47. The van der Waals surface area contributed by atoms with Gasteiger partial charge in [-0.3, -0.25) is 4.68 Å². The van der Waals surface area contributed by atoms with Crippen LogP contribution in [0.3, 0.4) is 0 Å². The van der Waals surface area contributed by atoms with Gasteiger partial charge in [-0.1, -0.05) is 52.7 Å². The summed E-state index contributed by atoms with van der Waals surface area (Å²) in [4.78, 5) is 0. The van der Waals surface area contributed by atoms with E-state index in [9.17, 15) is 5.11 Å². The molecule has 1 unspecified atom stereocenters. The van der Waals surface area contributed by atoms with Gasteiger partial charge in [-0.25, -0.2) is 0 Å². The molecule has 0 aliphatic heterocycles. The summed E-state index contributed by atoms with van der Waals surface area (Å²) in [6, 6.07) is 7.67. The highest BCUT2D eigenvalue weighted by Gasteiger charge is 2.29. The number of hydrogen-bond donors (Lipinski definition) is 1. The fourth-order valence-corrected chi connectivity index (χ4v) is 3.40. The lowest BCUT2D eigenvalue weighted by Crippen LogP contribution is -2.26. The van der Waals surface area contributed by atoms with Crippen molar-refractivity contribution >= 4 is 27.5 Å². The minimum Gasteiger partial charge on any atom is -0.385 e. The highest BCUT2D eigenvalue weighted by Crippen LogP contribution is 2.33. The van der Waals surface area contributed by atoms with Gasteiger partial charge in [-0.2, -0.15) is 5.10 Å². The summed E-state index contributed by atoms with van der Waals surface area (Å²) in [6.45, 7) is 3.81. The summed E-state index contributed by atoms with van der Waals surface area (Å²) in [5.41, 5.74) is 1.55. The fraction of sp³-hybridized carbons (Fsp3) is 0.400. The molecule has 3 nitrogen and oxygen atoms in total. The third kappa shape index (κ3) is 2.92. The molecule has 20 heavy (non-hydrogen) atoms. The standard InChI is InChI=1S/C15H18BrClN2O/c1-4-12-14(17)13(19(3)18-12)9-15(2,20)10-7-5-6-8-11(10)16/h5-8,20H,4,9H2,1-3H3. The minimum atomic E-state index is -1.01. The lowest BCUT2D eigenvalue weighted by atomic mass is 9.91. The van der Waals surface area contributed by atoms with Gasteiger partial charge >= 0.3 is 0 Å². The van der Waals surface area contributed by atoms with Crippen LogP contribution in [0.4, 0.5) is 0 Å². The molecule has 1 N–H and O–H groups in total. The summed E-state index contributed by atoms with van der Waals surface area (Å²) < 4.78 is 2.64. The van der Waals surface area contributed by atoms with Crippen molar-refractivity contribution in [3.05, 3.63) is 50.7 Å². The molecule has 1 atom stereocenters. The Morgan fingerprint density at radius 3 is 2.60 bits per heavy atom. The van der Waals surface area contributed by atoms with Crippen molar-refractivity contribution in [3.63, 3.8) is 0 Å². The second kappa shape index (κ2) is 5.88. The normalized spacial score (nSPS) is 14.3. The maximum absolute atomic E-state index is 10.8. The summed E-state index contributed by atoms with van der Waals surface area (Å²) in [5.74, 6) is 0. The van der Waals surface area contributed by atoms with Crippen molar-refractivity contribution in [2.45, 2.75) is 32.3 Å². The Balaban J connectivity index is 2.38. The van der Waals surface area contributed by atoms with Crippen LogP contribution in [0.25, 0.3) is 0 Å². The van der Waals surface area contributed by atoms with Gasteiger partial charge in [0.15, 0.2) is 0 Å². The van der Waals surface area contributed by atoms with Crippen LogP contribution in [0.5, 0.6) is 0 Å². The number of nitrogens with zero attached hydrogens (tertiary/aromatic N) is 2. The van der Waals surface area contributed by atoms with Crippen LogP contribution in [0.15, 0.2) is 28.7 Å². The smallest absolute Gasteiger partial charge is 0.0935 e. The highest BCUT2D eigenvalue weighted by atomic mass is 79.9. The number of rotatable bonds is 4. The second-order valence-corrected chi connectivity index (χ2v) is 6.35. The fourth-order valence-electron chi connectivity index (χ4n) is 2.33. The Morgan fingerprint density at radius 1 is 1.40 bits per heavy atom. The van der Waals surface area contributed by atoms with E-state index < -0.39 is 5.60 Å². The van der Waals surface area contributed by atoms with Crippen molar-refractivity contribution in [2.75, 3.05) is 0 Å². The number of hydrogen-bond acceptors (Lipinski definition) is 2.